The monoisotopic (exact) mass is 225 g/mol. The average molecular weight is 225 g/mol. The number of alkyl halides is 3. The normalized spacial score (nSPS) is 11.5. The molecule has 0 aliphatic heterocycles. The van der Waals surface area contributed by atoms with Crippen molar-refractivity contribution in [3.8, 4) is 5.75 Å². The lowest BCUT2D eigenvalue weighted by molar-refractivity contribution is -0.275. The van der Waals surface area contributed by atoms with Crippen LogP contribution in [0.25, 0.3) is 0 Å². The molecular formula is C8H7F4NO2. The summed E-state index contributed by atoms with van der Waals surface area (Å²) in [6.07, 6.45) is -5.00. The Labute approximate surface area is 82.1 Å². The van der Waals surface area contributed by atoms with Crippen LogP contribution in [-0.2, 0) is 6.61 Å². The van der Waals surface area contributed by atoms with Crippen LogP contribution in [0.5, 0.6) is 5.75 Å². The number of aliphatic hydroxyl groups excluding tert-OH is 1. The number of nitrogens with two attached hydrogens (primary N) is 1. The van der Waals surface area contributed by atoms with Crippen LogP contribution >= 0.6 is 0 Å². The van der Waals surface area contributed by atoms with E-state index in [1.54, 1.807) is 0 Å². The van der Waals surface area contributed by atoms with Gasteiger partial charge >= 0.3 is 6.36 Å². The van der Waals surface area contributed by atoms with Gasteiger partial charge in [0.15, 0.2) is 11.6 Å². The third kappa shape index (κ3) is 2.98. The van der Waals surface area contributed by atoms with Crippen LogP contribution in [0.4, 0.5) is 23.2 Å². The van der Waals surface area contributed by atoms with Gasteiger partial charge in [0, 0.05) is 17.3 Å². The summed E-state index contributed by atoms with van der Waals surface area (Å²) in [7, 11) is 0. The van der Waals surface area contributed by atoms with Crippen molar-refractivity contribution < 1.29 is 27.4 Å². The van der Waals surface area contributed by atoms with Crippen LogP contribution in [0.1, 0.15) is 5.56 Å². The number of aliphatic hydroxyl groups is 1. The summed E-state index contributed by atoms with van der Waals surface area (Å²) in [5, 5.41) is 8.63. The molecule has 0 radical (unpaired) electrons. The Kier molecular flexibility index (Phi) is 3.04. The van der Waals surface area contributed by atoms with Gasteiger partial charge in [0.1, 0.15) is 0 Å². The lowest BCUT2D eigenvalue weighted by atomic mass is 10.2. The first kappa shape index (κ1) is 11.6. The third-order valence-corrected chi connectivity index (χ3v) is 1.53. The van der Waals surface area contributed by atoms with E-state index in [-0.39, 0.29) is 11.3 Å². The highest BCUT2D eigenvalue weighted by Gasteiger charge is 2.33. The third-order valence-electron chi connectivity index (χ3n) is 1.53. The van der Waals surface area contributed by atoms with Crippen molar-refractivity contribution in [2.24, 2.45) is 0 Å². The number of nitrogen functional groups attached to an aromatic ring is 1. The second-order valence-electron chi connectivity index (χ2n) is 2.70. The predicted octanol–water partition coefficient (Wildman–Crippen LogP) is 1.80. The molecule has 0 bridgehead atoms. The summed E-state index contributed by atoms with van der Waals surface area (Å²) in [5.41, 5.74) is 4.72. The van der Waals surface area contributed by atoms with Crippen LogP contribution in [0.3, 0.4) is 0 Å². The first-order valence-electron chi connectivity index (χ1n) is 3.78. The van der Waals surface area contributed by atoms with Crippen molar-refractivity contribution in [2.45, 2.75) is 13.0 Å². The molecule has 0 heterocycles. The van der Waals surface area contributed by atoms with Crippen molar-refractivity contribution >= 4 is 5.69 Å². The maximum Gasteiger partial charge on any atom is 0.573 e. The lowest BCUT2D eigenvalue weighted by Crippen LogP contribution is -2.18. The maximum absolute atomic E-state index is 13.1. The number of hydrogen-bond acceptors (Lipinski definition) is 3. The minimum absolute atomic E-state index is 0.125. The summed E-state index contributed by atoms with van der Waals surface area (Å²) in [5.74, 6) is -2.32. The Morgan fingerprint density at radius 1 is 1.33 bits per heavy atom. The summed E-state index contributed by atoms with van der Waals surface area (Å²) in [4.78, 5) is 0. The number of ether oxygens (including phenoxy) is 1. The smallest absolute Gasteiger partial charge is 0.403 e. The van der Waals surface area contributed by atoms with Gasteiger partial charge < -0.3 is 15.6 Å². The highest BCUT2D eigenvalue weighted by molar-refractivity contribution is 5.48. The molecular weight excluding hydrogens is 218 g/mol. The maximum atomic E-state index is 13.1. The number of rotatable bonds is 2. The fraction of sp³-hybridized carbons (Fsp3) is 0.250. The summed E-state index contributed by atoms with van der Waals surface area (Å²) in [6, 6.07) is 1.72. The Morgan fingerprint density at radius 2 is 1.93 bits per heavy atom. The van der Waals surface area contributed by atoms with E-state index >= 15 is 0 Å². The molecule has 3 N–H and O–H groups in total. The molecule has 0 saturated carbocycles. The first-order valence-corrected chi connectivity index (χ1v) is 3.78. The molecule has 1 aromatic carbocycles. The summed E-state index contributed by atoms with van der Waals surface area (Å²) < 4.78 is 51.9. The van der Waals surface area contributed by atoms with Crippen molar-refractivity contribution in [1.29, 1.82) is 0 Å². The average Bonchev–Trinajstić information content (AvgIpc) is 2.08. The molecule has 0 saturated heterocycles. The zero-order valence-electron chi connectivity index (χ0n) is 7.31. The van der Waals surface area contributed by atoms with Gasteiger partial charge in [-0.05, 0) is 6.07 Å². The molecule has 0 amide bonds. The SMILES string of the molecule is Nc1cc(CO)c(F)c(OC(F)(F)F)c1. The quantitative estimate of drug-likeness (QED) is 0.596. The zero-order chi connectivity index (χ0) is 11.6. The van der Waals surface area contributed by atoms with E-state index in [2.05, 4.69) is 4.74 Å². The molecule has 3 nitrogen and oxygen atoms in total. The van der Waals surface area contributed by atoms with E-state index in [4.69, 9.17) is 10.8 Å². The molecule has 0 aliphatic carbocycles. The lowest BCUT2D eigenvalue weighted by Gasteiger charge is -2.12. The molecule has 1 rings (SSSR count). The Morgan fingerprint density at radius 3 is 2.40 bits per heavy atom. The van der Waals surface area contributed by atoms with Gasteiger partial charge in [-0.2, -0.15) is 0 Å². The van der Waals surface area contributed by atoms with Gasteiger partial charge in [-0.1, -0.05) is 0 Å². The van der Waals surface area contributed by atoms with E-state index < -0.39 is 24.5 Å². The van der Waals surface area contributed by atoms with Gasteiger partial charge in [-0.3, -0.25) is 0 Å². The van der Waals surface area contributed by atoms with Crippen LogP contribution in [0.15, 0.2) is 12.1 Å². The van der Waals surface area contributed by atoms with Gasteiger partial charge in [-0.25, -0.2) is 4.39 Å². The topological polar surface area (TPSA) is 55.5 Å². The van der Waals surface area contributed by atoms with Crippen LogP contribution < -0.4 is 10.5 Å². The Hall–Kier alpha value is -1.50. The minimum atomic E-state index is -5.00. The molecule has 7 heteroatoms. The molecule has 0 atom stereocenters. The number of hydrogen-bond donors (Lipinski definition) is 2. The van der Waals surface area contributed by atoms with Crippen molar-refractivity contribution in [1.82, 2.24) is 0 Å². The van der Waals surface area contributed by atoms with E-state index in [9.17, 15) is 17.6 Å². The molecule has 15 heavy (non-hydrogen) atoms. The highest BCUT2D eigenvalue weighted by Crippen LogP contribution is 2.29. The second-order valence-corrected chi connectivity index (χ2v) is 2.70. The number of anilines is 1. The Bertz CT molecular complexity index is 364. The Balaban J connectivity index is 3.12. The standard InChI is InChI=1S/C8H7F4NO2/c9-7-4(3-14)1-5(13)2-6(7)15-8(10,11)12/h1-2,14H,3,13H2. The van der Waals surface area contributed by atoms with Gasteiger partial charge in [0.25, 0.3) is 0 Å². The molecule has 0 aliphatic rings. The molecule has 0 fully saturated rings. The largest absolute Gasteiger partial charge is 0.573 e. The van der Waals surface area contributed by atoms with Crippen LogP contribution in [0.2, 0.25) is 0 Å². The van der Waals surface area contributed by atoms with Gasteiger partial charge in [0.2, 0.25) is 0 Å². The number of benzene rings is 1. The van der Waals surface area contributed by atoms with Gasteiger partial charge in [-0.15, -0.1) is 13.2 Å². The van der Waals surface area contributed by atoms with Crippen LogP contribution in [-0.4, -0.2) is 11.5 Å². The molecule has 1 aromatic rings. The first-order chi connectivity index (χ1) is 6.83. The van der Waals surface area contributed by atoms with E-state index in [1.165, 1.54) is 0 Å². The second kappa shape index (κ2) is 3.93. The van der Waals surface area contributed by atoms with E-state index in [0.29, 0.717) is 6.07 Å². The molecule has 0 aromatic heterocycles. The summed E-state index contributed by atoms with van der Waals surface area (Å²) >= 11 is 0. The van der Waals surface area contributed by atoms with Gasteiger partial charge in [0.05, 0.1) is 6.61 Å². The van der Waals surface area contributed by atoms with Crippen molar-refractivity contribution in [3.63, 3.8) is 0 Å². The number of halogens is 4. The summed E-state index contributed by atoms with van der Waals surface area (Å²) in [6.45, 7) is -0.759. The molecule has 84 valence electrons. The van der Waals surface area contributed by atoms with E-state index in [1.807, 2.05) is 0 Å². The fourth-order valence-corrected chi connectivity index (χ4v) is 0.993. The minimum Gasteiger partial charge on any atom is -0.403 e. The van der Waals surface area contributed by atoms with Crippen LogP contribution in [0, 0.1) is 5.82 Å². The van der Waals surface area contributed by atoms with Crippen molar-refractivity contribution in [2.75, 3.05) is 5.73 Å². The zero-order valence-corrected chi connectivity index (χ0v) is 7.31. The predicted molar refractivity (Wildman–Crippen MR) is 43.4 cm³/mol. The molecule has 0 spiro atoms. The van der Waals surface area contributed by atoms with E-state index in [0.717, 1.165) is 6.07 Å². The van der Waals surface area contributed by atoms with Crippen molar-refractivity contribution in [3.05, 3.63) is 23.5 Å². The molecule has 0 unspecified atom stereocenters. The highest BCUT2D eigenvalue weighted by atomic mass is 19.4. The fourth-order valence-electron chi connectivity index (χ4n) is 0.993.